The monoisotopic (exact) mass is 319 g/mol. The molecule has 0 aliphatic rings. The average molecular weight is 319 g/mol. The van der Waals surface area contributed by atoms with Crippen molar-refractivity contribution in [1.82, 2.24) is 0 Å². The molecular formula is C17H25N3O3. The number of nitrogens with one attached hydrogen (secondary N) is 1. The lowest BCUT2D eigenvalue weighted by Crippen LogP contribution is -2.31. The number of carbonyl (C=O) groups excluding carboxylic acids is 3. The number of carbonyl (C=O) groups is 3. The third-order valence-electron chi connectivity index (χ3n) is 3.81. The molecule has 0 spiro atoms. The summed E-state index contributed by atoms with van der Waals surface area (Å²) >= 11 is 0. The van der Waals surface area contributed by atoms with E-state index < -0.39 is 11.9 Å². The van der Waals surface area contributed by atoms with Crippen molar-refractivity contribution in [2.75, 3.05) is 17.3 Å². The topological polar surface area (TPSA) is 92.5 Å². The van der Waals surface area contributed by atoms with Crippen molar-refractivity contribution in [2.45, 2.75) is 46.1 Å². The van der Waals surface area contributed by atoms with Gasteiger partial charge in [0.2, 0.25) is 11.8 Å². The minimum atomic E-state index is -0.520. The van der Waals surface area contributed by atoms with E-state index in [2.05, 4.69) is 5.32 Å². The molecule has 0 saturated carbocycles. The Labute approximate surface area is 137 Å². The van der Waals surface area contributed by atoms with Crippen LogP contribution in [0.4, 0.5) is 11.4 Å². The Balaban J connectivity index is 3.17. The van der Waals surface area contributed by atoms with Crippen LogP contribution in [0.15, 0.2) is 18.2 Å². The van der Waals surface area contributed by atoms with Gasteiger partial charge >= 0.3 is 0 Å². The molecule has 0 bridgehead atoms. The predicted molar refractivity (Wildman–Crippen MR) is 91.4 cm³/mol. The molecule has 1 unspecified atom stereocenters. The van der Waals surface area contributed by atoms with E-state index in [1.54, 1.807) is 11.9 Å². The molecule has 0 heterocycles. The number of amides is 2. The maximum Gasteiger partial charge on any atom is 0.223 e. The van der Waals surface area contributed by atoms with Crippen LogP contribution < -0.4 is 16.0 Å². The molecule has 6 heteroatoms. The van der Waals surface area contributed by atoms with Crippen molar-refractivity contribution in [2.24, 2.45) is 5.73 Å². The maximum atomic E-state index is 11.8. The highest BCUT2D eigenvalue weighted by molar-refractivity contribution is 5.97. The van der Waals surface area contributed by atoms with Gasteiger partial charge in [0.1, 0.15) is 0 Å². The molecule has 0 radical (unpaired) electrons. The fourth-order valence-corrected chi connectivity index (χ4v) is 2.40. The lowest BCUT2D eigenvalue weighted by Gasteiger charge is -2.25. The SMILES string of the molecule is CCc1cccc(NC(CCC(N)=O)C(C)=O)c1N(C)C(C)=O. The summed E-state index contributed by atoms with van der Waals surface area (Å²) in [6, 6.07) is 5.14. The highest BCUT2D eigenvalue weighted by Crippen LogP contribution is 2.31. The van der Waals surface area contributed by atoms with Gasteiger partial charge in [0.05, 0.1) is 17.4 Å². The van der Waals surface area contributed by atoms with Crippen molar-refractivity contribution in [3.05, 3.63) is 23.8 Å². The van der Waals surface area contributed by atoms with Gasteiger partial charge in [-0.2, -0.15) is 0 Å². The number of anilines is 2. The number of aryl methyl sites for hydroxylation is 1. The van der Waals surface area contributed by atoms with Gasteiger partial charge in [-0.25, -0.2) is 0 Å². The van der Waals surface area contributed by atoms with Crippen molar-refractivity contribution in [3.63, 3.8) is 0 Å². The first-order valence-electron chi connectivity index (χ1n) is 7.69. The lowest BCUT2D eigenvalue weighted by atomic mass is 10.0. The molecule has 1 atom stereocenters. The number of ketones is 1. The first-order chi connectivity index (χ1) is 10.8. The summed E-state index contributed by atoms with van der Waals surface area (Å²) in [4.78, 5) is 36.1. The fraction of sp³-hybridized carbons (Fsp3) is 0.471. The third kappa shape index (κ3) is 5.09. The van der Waals surface area contributed by atoms with Crippen LogP contribution in [0.25, 0.3) is 0 Å². The Kier molecular flexibility index (Phi) is 6.75. The van der Waals surface area contributed by atoms with Gasteiger partial charge in [0.25, 0.3) is 0 Å². The van der Waals surface area contributed by atoms with Gasteiger partial charge in [-0.15, -0.1) is 0 Å². The van der Waals surface area contributed by atoms with E-state index in [-0.39, 0.29) is 18.1 Å². The Hall–Kier alpha value is -2.37. The van der Waals surface area contributed by atoms with Crippen LogP contribution in [-0.4, -0.2) is 30.7 Å². The molecule has 0 aromatic heterocycles. The summed E-state index contributed by atoms with van der Waals surface area (Å²) in [6.45, 7) is 4.97. The molecule has 2 amide bonds. The van der Waals surface area contributed by atoms with Crippen molar-refractivity contribution in [3.8, 4) is 0 Å². The lowest BCUT2D eigenvalue weighted by molar-refractivity contribution is -0.119. The second-order valence-corrected chi connectivity index (χ2v) is 5.56. The molecule has 3 N–H and O–H groups in total. The van der Waals surface area contributed by atoms with Crippen LogP contribution in [0.5, 0.6) is 0 Å². The molecule has 6 nitrogen and oxygen atoms in total. The molecule has 1 aromatic carbocycles. The van der Waals surface area contributed by atoms with Crippen molar-refractivity contribution in [1.29, 1.82) is 0 Å². The predicted octanol–water partition coefficient (Wildman–Crippen LogP) is 1.87. The number of nitrogens with zero attached hydrogens (tertiary/aromatic N) is 1. The molecule has 0 aliphatic carbocycles. The molecule has 1 aromatic rings. The van der Waals surface area contributed by atoms with Gasteiger partial charge in [-0.1, -0.05) is 19.1 Å². The van der Waals surface area contributed by atoms with E-state index in [9.17, 15) is 14.4 Å². The standard InChI is InChI=1S/C17H25N3O3/c1-5-13-7-6-8-15(17(13)20(4)12(3)22)19-14(11(2)21)9-10-16(18)23/h6-8,14,19H,5,9-10H2,1-4H3,(H2,18,23). The molecule has 0 saturated heterocycles. The number of primary amides is 1. The number of para-hydroxylation sites is 1. The molecule has 23 heavy (non-hydrogen) atoms. The Morgan fingerprint density at radius 2 is 1.91 bits per heavy atom. The second-order valence-electron chi connectivity index (χ2n) is 5.56. The maximum absolute atomic E-state index is 11.8. The zero-order valence-electron chi connectivity index (χ0n) is 14.2. The smallest absolute Gasteiger partial charge is 0.223 e. The number of benzene rings is 1. The summed E-state index contributed by atoms with van der Waals surface area (Å²) in [6.07, 6.45) is 1.21. The summed E-state index contributed by atoms with van der Waals surface area (Å²) in [5, 5.41) is 3.16. The minimum Gasteiger partial charge on any atom is -0.374 e. The zero-order valence-corrected chi connectivity index (χ0v) is 14.2. The van der Waals surface area contributed by atoms with Crippen molar-refractivity contribution < 1.29 is 14.4 Å². The van der Waals surface area contributed by atoms with Gasteiger partial charge in [0.15, 0.2) is 5.78 Å². The Morgan fingerprint density at radius 3 is 2.39 bits per heavy atom. The van der Waals surface area contributed by atoms with Crippen LogP contribution in [0.2, 0.25) is 0 Å². The Bertz CT molecular complexity index is 599. The Morgan fingerprint density at radius 1 is 1.26 bits per heavy atom. The van der Waals surface area contributed by atoms with E-state index in [4.69, 9.17) is 5.73 Å². The first-order valence-corrected chi connectivity index (χ1v) is 7.69. The molecule has 126 valence electrons. The number of nitrogens with two attached hydrogens (primary N) is 1. The van der Waals surface area contributed by atoms with Gasteiger partial charge < -0.3 is 16.0 Å². The molecule has 1 rings (SSSR count). The largest absolute Gasteiger partial charge is 0.374 e. The summed E-state index contributed by atoms with van der Waals surface area (Å²) in [5.74, 6) is -0.614. The van der Waals surface area contributed by atoms with Crippen LogP contribution in [0.1, 0.15) is 39.2 Å². The fourth-order valence-electron chi connectivity index (χ4n) is 2.40. The van der Waals surface area contributed by atoms with E-state index in [0.29, 0.717) is 12.1 Å². The van der Waals surface area contributed by atoms with Crippen LogP contribution >= 0.6 is 0 Å². The minimum absolute atomic E-state index is 0.0791. The third-order valence-corrected chi connectivity index (χ3v) is 3.81. The second kappa shape index (κ2) is 8.31. The zero-order chi connectivity index (χ0) is 17.6. The van der Waals surface area contributed by atoms with Gasteiger partial charge in [0, 0.05) is 20.4 Å². The van der Waals surface area contributed by atoms with E-state index >= 15 is 0 Å². The highest BCUT2D eigenvalue weighted by atomic mass is 16.2. The number of rotatable bonds is 8. The van der Waals surface area contributed by atoms with Gasteiger partial charge in [-0.05, 0) is 31.4 Å². The highest BCUT2D eigenvalue weighted by Gasteiger charge is 2.20. The van der Waals surface area contributed by atoms with Crippen molar-refractivity contribution >= 4 is 29.0 Å². The van der Waals surface area contributed by atoms with E-state index in [0.717, 1.165) is 17.7 Å². The van der Waals surface area contributed by atoms with E-state index in [1.165, 1.54) is 13.8 Å². The normalized spacial score (nSPS) is 11.7. The molecule has 0 aliphatic heterocycles. The van der Waals surface area contributed by atoms with Crippen LogP contribution in [0, 0.1) is 0 Å². The number of hydrogen-bond donors (Lipinski definition) is 2. The van der Waals surface area contributed by atoms with Crippen LogP contribution in [-0.2, 0) is 20.8 Å². The van der Waals surface area contributed by atoms with Gasteiger partial charge in [-0.3, -0.25) is 14.4 Å². The number of hydrogen-bond acceptors (Lipinski definition) is 4. The van der Waals surface area contributed by atoms with E-state index in [1.807, 2.05) is 25.1 Å². The summed E-state index contributed by atoms with van der Waals surface area (Å²) in [7, 11) is 1.70. The molecular weight excluding hydrogens is 294 g/mol. The summed E-state index contributed by atoms with van der Waals surface area (Å²) in [5.41, 5.74) is 7.63. The average Bonchev–Trinajstić information content (AvgIpc) is 2.49. The molecule has 0 fully saturated rings. The summed E-state index contributed by atoms with van der Waals surface area (Å²) < 4.78 is 0. The van der Waals surface area contributed by atoms with Crippen LogP contribution in [0.3, 0.4) is 0 Å². The first kappa shape index (κ1) is 18.7. The number of Topliss-reactive ketones (excluding diaryl/α,β-unsaturated/α-hetero) is 1. The quantitative estimate of drug-likeness (QED) is 0.765.